The molecule has 0 saturated heterocycles. The van der Waals surface area contributed by atoms with Crippen LogP contribution in [-0.2, 0) is 22.7 Å². The van der Waals surface area contributed by atoms with Crippen molar-refractivity contribution in [1.82, 2.24) is 10.4 Å². The summed E-state index contributed by atoms with van der Waals surface area (Å²) in [7, 11) is 1.53. The van der Waals surface area contributed by atoms with E-state index in [2.05, 4.69) is 47.4 Å². The van der Waals surface area contributed by atoms with Crippen molar-refractivity contribution in [3.8, 4) is 17.7 Å². The first-order valence-corrected chi connectivity index (χ1v) is 12.0. The second-order valence-electron chi connectivity index (χ2n) is 7.32. The highest BCUT2D eigenvalue weighted by atomic mass is 79.9. The number of rotatable bonds is 10. The fourth-order valence-electron chi connectivity index (χ4n) is 3.07. The van der Waals surface area contributed by atoms with Crippen molar-refractivity contribution in [2.24, 2.45) is 5.10 Å². The van der Waals surface area contributed by atoms with Crippen molar-refractivity contribution in [3.63, 3.8) is 0 Å². The lowest BCUT2D eigenvalue weighted by Gasteiger charge is -2.11. The fourth-order valence-corrected chi connectivity index (χ4v) is 4.52. The van der Waals surface area contributed by atoms with Crippen LogP contribution in [0.3, 0.4) is 0 Å². The number of carbonyl (C=O) groups is 1. The SMILES string of the molecule is COCc1cc(C)nc(OCC(=O)N/N=C/c2cc(Br)c(OCc3ccccc3)c(Br)c2)c1C#N. The van der Waals surface area contributed by atoms with Gasteiger partial charge in [0.05, 0.1) is 21.8 Å². The van der Waals surface area contributed by atoms with Crippen LogP contribution >= 0.6 is 31.9 Å². The summed E-state index contributed by atoms with van der Waals surface area (Å²) in [4.78, 5) is 16.4. The molecule has 1 amide bonds. The molecule has 10 heteroatoms. The second-order valence-corrected chi connectivity index (χ2v) is 9.03. The van der Waals surface area contributed by atoms with E-state index in [4.69, 9.17) is 14.2 Å². The van der Waals surface area contributed by atoms with Crippen molar-refractivity contribution < 1.29 is 19.0 Å². The van der Waals surface area contributed by atoms with Gasteiger partial charge in [-0.05, 0) is 68.1 Å². The van der Waals surface area contributed by atoms with Crippen molar-refractivity contribution in [2.45, 2.75) is 20.1 Å². The van der Waals surface area contributed by atoms with Crippen LogP contribution in [0.5, 0.6) is 11.6 Å². The molecule has 0 unspecified atom stereocenters. The van der Waals surface area contributed by atoms with E-state index in [-0.39, 0.29) is 24.7 Å². The Morgan fingerprint density at radius 2 is 1.86 bits per heavy atom. The summed E-state index contributed by atoms with van der Waals surface area (Å²) in [5.41, 5.74) is 5.71. The minimum absolute atomic E-state index is 0.0811. The number of amides is 1. The van der Waals surface area contributed by atoms with E-state index in [0.717, 1.165) is 20.1 Å². The Labute approximate surface area is 220 Å². The molecule has 1 heterocycles. The van der Waals surface area contributed by atoms with Gasteiger partial charge in [-0.15, -0.1) is 0 Å². The summed E-state index contributed by atoms with van der Waals surface area (Å²) in [5.74, 6) is 0.246. The van der Waals surface area contributed by atoms with E-state index in [9.17, 15) is 10.1 Å². The Morgan fingerprint density at radius 3 is 2.51 bits per heavy atom. The topological polar surface area (TPSA) is 106 Å². The highest BCUT2D eigenvalue weighted by Crippen LogP contribution is 2.35. The van der Waals surface area contributed by atoms with E-state index >= 15 is 0 Å². The van der Waals surface area contributed by atoms with E-state index < -0.39 is 5.91 Å². The molecule has 35 heavy (non-hydrogen) atoms. The van der Waals surface area contributed by atoms with Gasteiger partial charge < -0.3 is 14.2 Å². The zero-order valence-electron chi connectivity index (χ0n) is 19.0. The van der Waals surface area contributed by atoms with Gasteiger partial charge in [-0.2, -0.15) is 10.4 Å². The molecule has 180 valence electrons. The first-order chi connectivity index (χ1) is 16.9. The minimum atomic E-state index is -0.498. The molecule has 3 rings (SSSR count). The van der Waals surface area contributed by atoms with Gasteiger partial charge in [-0.1, -0.05) is 30.3 Å². The molecule has 1 N–H and O–H groups in total. The van der Waals surface area contributed by atoms with E-state index in [1.807, 2.05) is 48.5 Å². The normalized spacial score (nSPS) is 10.7. The zero-order valence-corrected chi connectivity index (χ0v) is 22.2. The molecule has 0 atom stereocenters. The molecule has 0 spiro atoms. The maximum atomic E-state index is 12.2. The summed E-state index contributed by atoms with van der Waals surface area (Å²) in [6, 6.07) is 17.3. The number of halogens is 2. The smallest absolute Gasteiger partial charge is 0.278 e. The molecule has 0 fully saturated rings. The van der Waals surface area contributed by atoms with Crippen LogP contribution in [0.2, 0.25) is 0 Å². The Hall–Kier alpha value is -3.26. The number of nitriles is 1. The molecule has 0 bridgehead atoms. The predicted molar refractivity (Wildman–Crippen MR) is 138 cm³/mol. The zero-order chi connectivity index (χ0) is 25.2. The first kappa shape index (κ1) is 26.3. The maximum absolute atomic E-state index is 12.2. The third-order valence-electron chi connectivity index (χ3n) is 4.60. The number of benzene rings is 2. The molecule has 2 aromatic carbocycles. The molecule has 1 aromatic heterocycles. The lowest BCUT2D eigenvalue weighted by molar-refractivity contribution is -0.123. The second kappa shape index (κ2) is 13.0. The molecule has 3 aromatic rings. The van der Waals surface area contributed by atoms with Crippen molar-refractivity contribution in [2.75, 3.05) is 13.7 Å². The van der Waals surface area contributed by atoms with Crippen LogP contribution in [0, 0.1) is 18.3 Å². The van der Waals surface area contributed by atoms with E-state index in [1.54, 1.807) is 13.0 Å². The molecule has 0 aliphatic carbocycles. The third kappa shape index (κ3) is 7.62. The Bertz CT molecular complexity index is 1240. The molecular weight excluding hydrogens is 580 g/mol. The fraction of sp³-hybridized carbons (Fsp3) is 0.200. The average molecular weight is 602 g/mol. The van der Waals surface area contributed by atoms with Crippen LogP contribution in [0.4, 0.5) is 0 Å². The largest absolute Gasteiger partial charge is 0.487 e. The number of carbonyl (C=O) groups excluding carboxylic acids is 1. The lowest BCUT2D eigenvalue weighted by atomic mass is 10.1. The Kier molecular flexibility index (Phi) is 9.78. The van der Waals surface area contributed by atoms with Gasteiger partial charge in [0.2, 0.25) is 5.88 Å². The van der Waals surface area contributed by atoms with E-state index in [1.165, 1.54) is 13.3 Å². The van der Waals surface area contributed by atoms with Crippen molar-refractivity contribution in [1.29, 1.82) is 5.26 Å². The molecule has 0 aliphatic heterocycles. The van der Waals surface area contributed by atoms with Gasteiger partial charge in [0.15, 0.2) is 6.61 Å². The summed E-state index contributed by atoms with van der Waals surface area (Å²) < 4.78 is 18.0. The van der Waals surface area contributed by atoms with Gasteiger partial charge in [-0.25, -0.2) is 10.4 Å². The lowest BCUT2D eigenvalue weighted by Crippen LogP contribution is -2.25. The van der Waals surface area contributed by atoms with Gasteiger partial charge in [0.1, 0.15) is 24.0 Å². The van der Waals surface area contributed by atoms with E-state index in [0.29, 0.717) is 23.6 Å². The number of hydrogen-bond acceptors (Lipinski definition) is 7. The van der Waals surface area contributed by atoms with Crippen molar-refractivity contribution in [3.05, 3.63) is 85.4 Å². The molecular formula is C25H22Br2N4O4. The number of aryl methyl sites for hydroxylation is 1. The Morgan fingerprint density at radius 1 is 1.14 bits per heavy atom. The number of hydrogen-bond donors (Lipinski definition) is 1. The summed E-state index contributed by atoms with van der Waals surface area (Å²) in [5, 5.41) is 13.4. The van der Waals surface area contributed by atoms with Crippen molar-refractivity contribution >= 4 is 44.0 Å². The summed E-state index contributed by atoms with van der Waals surface area (Å²) in [6.45, 7) is 2.08. The van der Waals surface area contributed by atoms with Gasteiger partial charge >= 0.3 is 0 Å². The molecule has 0 radical (unpaired) electrons. The number of nitrogens with zero attached hydrogens (tertiary/aromatic N) is 3. The van der Waals surface area contributed by atoms with Gasteiger partial charge in [0, 0.05) is 18.4 Å². The van der Waals surface area contributed by atoms with Crippen LogP contribution in [0.15, 0.2) is 62.6 Å². The van der Waals surface area contributed by atoms with Crippen LogP contribution in [0.25, 0.3) is 0 Å². The van der Waals surface area contributed by atoms with Gasteiger partial charge in [0.25, 0.3) is 5.91 Å². The quantitative estimate of drug-likeness (QED) is 0.258. The average Bonchev–Trinajstić information content (AvgIpc) is 2.83. The Balaban J connectivity index is 1.58. The maximum Gasteiger partial charge on any atom is 0.278 e. The highest BCUT2D eigenvalue weighted by Gasteiger charge is 2.14. The number of ether oxygens (including phenoxy) is 3. The van der Waals surface area contributed by atoms with Crippen LogP contribution in [0.1, 0.15) is 27.9 Å². The third-order valence-corrected chi connectivity index (χ3v) is 5.78. The number of hydrazone groups is 1. The number of methoxy groups -OCH3 is 1. The first-order valence-electron chi connectivity index (χ1n) is 10.4. The number of nitrogens with one attached hydrogen (secondary N) is 1. The number of pyridine rings is 1. The minimum Gasteiger partial charge on any atom is -0.487 e. The highest BCUT2D eigenvalue weighted by molar-refractivity contribution is 9.11. The standard InChI is InChI=1S/C25H22Br2N4O4/c1-16-8-19(14-33-2)20(11-28)25(30-16)35-15-23(32)31-29-12-18-9-21(26)24(22(27)10-18)34-13-17-6-4-3-5-7-17/h3-10,12H,13-15H2,1-2H3,(H,31,32)/b29-12+. The van der Waals surface area contributed by atoms with Crippen LogP contribution in [-0.4, -0.2) is 30.8 Å². The molecule has 8 nitrogen and oxygen atoms in total. The predicted octanol–water partition coefficient (Wildman–Crippen LogP) is 5.04. The summed E-state index contributed by atoms with van der Waals surface area (Å²) in [6.07, 6.45) is 1.50. The van der Waals surface area contributed by atoms with Gasteiger partial charge in [-0.3, -0.25) is 4.79 Å². The monoisotopic (exact) mass is 600 g/mol. The summed E-state index contributed by atoms with van der Waals surface area (Å²) >= 11 is 7.03. The molecule has 0 aliphatic rings. The number of aromatic nitrogens is 1. The molecule has 0 saturated carbocycles. The van der Waals surface area contributed by atoms with Crippen LogP contribution < -0.4 is 14.9 Å².